The predicted molar refractivity (Wildman–Crippen MR) is 93.9 cm³/mol. The third-order valence-corrected chi connectivity index (χ3v) is 4.53. The standard InChI is InChI=1S/C18H35NO6/c1-3-4-5-6-7-8-9-10-11-24-18-15(19-13(2)21)17(23)16(22)14(12-20)25-18/h14-18,20,22-23H,3-12H2,1-2H3,(H,19,21)/t14-,15-,16-,17-,18-/m1/s1. The van der Waals surface area contributed by atoms with Gasteiger partial charge >= 0.3 is 0 Å². The monoisotopic (exact) mass is 361 g/mol. The van der Waals surface area contributed by atoms with Gasteiger partial charge in [-0.05, 0) is 6.42 Å². The van der Waals surface area contributed by atoms with Gasteiger partial charge in [-0.25, -0.2) is 0 Å². The number of amides is 1. The summed E-state index contributed by atoms with van der Waals surface area (Å²) in [5, 5.41) is 31.9. The van der Waals surface area contributed by atoms with Crippen LogP contribution in [0.4, 0.5) is 0 Å². The van der Waals surface area contributed by atoms with Gasteiger partial charge in [-0.1, -0.05) is 51.9 Å². The molecule has 1 amide bonds. The van der Waals surface area contributed by atoms with Crippen LogP contribution in [0.2, 0.25) is 0 Å². The molecule has 1 heterocycles. The molecule has 1 fully saturated rings. The van der Waals surface area contributed by atoms with Gasteiger partial charge < -0.3 is 30.1 Å². The molecule has 7 nitrogen and oxygen atoms in total. The number of hydrogen-bond donors (Lipinski definition) is 4. The van der Waals surface area contributed by atoms with Crippen molar-refractivity contribution in [1.29, 1.82) is 0 Å². The second kappa shape index (κ2) is 12.6. The van der Waals surface area contributed by atoms with Crippen molar-refractivity contribution < 1.29 is 29.6 Å². The fourth-order valence-electron chi connectivity index (χ4n) is 3.05. The molecule has 0 aliphatic carbocycles. The molecule has 0 radical (unpaired) electrons. The van der Waals surface area contributed by atoms with Crippen molar-refractivity contribution in [3.63, 3.8) is 0 Å². The molecule has 4 N–H and O–H groups in total. The van der Waals surface area contributed by atoms with Gasteiger partial charge in [-0.3, -0.25) is 4.79 Å². The number of aliphatic hydroxyl groups is 3. The number of carbonyl (C=O) groups is 1. The Bertz CT molecular complexity index is 367. The molecule has 0 bridgehead atoms. The van der Waals surface area contributed by atoms with Crippen molar-refractivity contribution in [2.24, 2.45) is 0 Å². The number of ether oxygens (including phenoxy) is 2. The van der Waals surface area contributed by atoms with Crippen LogP contribution in [0.15, 0.2) is 0 Å². The Balaban J connectivity index is 2.33. The van der Waals surface area contributed by atoms with Crippen LogP contribution < -0.4 is 5.32 Å². The van der Waals surface area contributed by atoms with Gasteiger partial charge in [-0.15, -0.1) is 0 Å². The topological polar surface area (TPSA) is 108 Å². The van der Waals surface area contributed by atoms with E-state index in [2.05, 4.69) is 12.2 Å². The fraction of sp³-hybridized carbons (Fsp3) is 0.944. The highest BCUT2D eigenvalue weighted by Crippen LogP contribution is 2.22. The number of carbonyl (C=O) groups excluding carboxylic acids is 1. The molecule has 0 spiro atoms. The zero-order chi connectivity index (χ0) is 18.7. The molecule has 0 aromatic heterocycles. The number of aliphatic hydroxyl groups excluding tert-OH is 3. The highest BCUT2D eigenvalue weighted by Gasteiger charge is 2.45. The van der Waals surface area contributed by atoms with Crippen LogP contribution in [-0.4, -0.2) is 65.1 Å². The largest absolute Gasteiger partial charge is 0.394 e. The van der Waals surface area contributed by atoms with Crippen molar-refractivity contribution in [1.82, 2.24) is 5.32 Å². The molecule has 5 atom stereocenters. The zero-order valence-corrected chi connectivity index (χ0v) is 15.5. The van der Waals surface area contributed by atoms with E-state index in [1.54, 1.807) is 0 Å². The van der Waals surface area contributed by atoms with Crippen LogP contribution >= 0.6 is 0 Å². The number of hydrogen-bond acceptors (Lipinski definition) is 6. The number of rotatable bonds is 12. The van der Waals surface area contributed by atoms with Crippen LogP contribution in [0.3, 0.4) is 0 Å². The van der Waals surface area contributed by atoms with Crippen LogP contribution in [0.1, 0.15) is 65.2 Å². The Kier molecular flexibility index (Phi) is 11.2. The maximum absolute atomic E-state index is 11.3. The Morgan fingerprint density at radius 3 is 2.20 bits per heavy atom. The molecule has 0 unspecified atom stereocenters. The average molecular weight is 361 g/mol. The summed E-state index contributed by atoms with van der Waals surface area (Å²) < 4.78 is 11.2. The van der Waals surface area contributed by atoms with E-state index in [9.17, 15) is 20.1 Å². The molecule has 1 rings (SSSR count). The summed E-state index contributed by atoms with van der Waals surface area (Å²) in [6.45, 7) is 3.54. The Labute approximate surface area is 150 Å². The van der Waals surface area contributed by atoms with Crippen LogP contribution in [0.5, 0.6) is 0 Å². The van der Waals surface area contributed by atoms with Gasteiger partial charge in [0.2, 0.25) is 5.91 Å². The van der Waals surface area contributed by atoms with E-state index in [-0.39, 0.29) is 5.91 Å². The highest BCUT2D eigenvalue weighted by molar-refractivity contribution is 5.73. The van der Waals surface area contributed by atoms with Gasteiger partial charge in [0.1, 0.15) is 24.4 Å². The summed E-state index contributed by atoms with van der Waals surface area (Å²) in [5.74, 6) is -0.344. The van der Waals surface area contributed by atoms with Crippen molar-refractivity contribution in [2.75, 3.05) is 13.2 Å². The van der Waals surface area contributed by atoms with Crippen LogP contribution in [-0.2, 0) is 14.3 Å². The molecular formula is C18H35NO6. The summed E-state index contributed by atoms with van der Waals surface area (Å²) in [7, 11) is 0. The van der Waals surface area contributed by atoms with E-state index in [0.717, 1.165) is 19.3 Å². The summed E-state index contributed by atoms with van der Waals surface area (Å²) in [5.41, 5.74) is 0. The zero-order valence-electron chi connectivity index (χ0n) is 15.5. The smallest absolute Gasteiger partial charge is 0.217 e. The summed E-state index contributed by atoms with van der Waals surface area (Å²) in [6.07, 6.45) is 5.09. The lowest BCUT2D eigenvalue weighted by Gasteiger charge is -2.42. The van der Waals surface area contributed by atoms with Crippen molar-refractivity contribution in [3.05, 3.63) is 0 Å². The molecular weight excluding hydrogens is 326 g/mol. The lowest BCUT2D eigenvalue weighted by Crippen LogP contribution is -2.64. The molecule has 1 saturated heterocycles. The lowest BCUT2D eigenvalue weighted by molar-refractivity contribution is -0.270. The third-order valence-electron chi connectivity index (χ3n) is 4.53. The Morgan fingerprint density at radius 2 is 1.64 bits per heavy atom. The quantitative estimate of drug-likeness (QED) is 0.388. The molecule has 7 heteroatoms. The number of unbranched alkanes of at least 4 members (excludes halogenated alkanes) is 7. The van der Waals surface area contributed by atoms with E-state index in [1.165, 1.54) is 39.0 Å². The van der Waals surface area contributed by atoms with Crippen molar-refractivity contribution in [2.45, 2.75) is 95.9 Å². The second-order valence-electron chi connectivity index (χ2n) is 6.78. The van der Waals surface area contributed by atoms with Gasteiger partial charge in [0.25, 0.3) is 0 Å². The SMILES string of the molecule is CCCCCCCCCCO[C@@H]1O[C@H](CO)[C@@H](O)[C@H](O)[C@H]1NC(C)=O. The highest BCUT2D eigenvalue weighted by atomic mass is 16.7. The predicted octanol–water partition coefficient (Wildman–Crippen LogP) is 1.09. The average Bonchev–Trinajstić information content (AvgIpc) is 2.59. The maximum atomic E-state index is 11.3. The van der Waals surface area contributed by atoms with Gasteiger partial charge in [0.15, 0.2) is 6.29 Å². The molecule has 148 valence electrons. The fourth-order valence-corrected chi connectivity index (χ4v) is 3.05. The first-order valence-electron chi connectivity index (χ1n) is 9.52. The normalized spacial score (nSPS) is 29.6. The summed E-state index contributed by atoms with van der Waals surface area (Å²) in [4.78, 5) is 11.3. The first-order chi connectivity index (χ1) is 12.0. The molecule has 0 aromatic carbocycles. The minimum absolute atomic E-state index is 0.344. The van der Waals surface area contributed by atoms with E-state index in [0.29, 0.717) is 6.61 Å². The Morgan fingerprint density at radius 1 is 1.04 bits per heavy atom. The molecule has 0 aromatic rings. The lowest BCUT2D eigenvalue weighted by atomic mass is 9.97. The molecule has 0 saturated carbocycles. The minimum Gasteiger partial charge on any atom is -0.394 e. The van der Waals surface area contributed by atoms with Crippen molar-refractivity contribution >= 4 is 5.91 Å². The number of nitrogens with one attached hydrogen (secondary N) is 1. The molecule has 1 aliphatic rings. The van der Waals surface area contributed by atoms with E-state index in [1.807, 2.05) is 0 Å². The van der Waals surface area contributed by atoms with Crippen molar-refractivity contribution in [3.8, 4) is 0 Å². The third kappa shape index (κ3) is 8.00. The first-order valence-corrected chi connectivity index (χ1v) is 9.52. The second-order valence-corrected chi connectivity index (χ2v) is 6.78. The minimum atomic E-state index is -1.27. The summed E-state index contributed by atoms with van der Waals surface area (Å²) >= 11 is 0. The Hall–Kier alpha value is -0.730. The van der Waals surface area contributed by atoms with Crippen LogP contribution in [0, 0.1) is 0 Å². The maximum Gasteiger partial charge on any atom is 0.217 e. The molecule has 1 aliphatic heterocycles. The van der Waals surface area contributed by atoms with Gasteiger partial charge in [0, 0.05) is 13.5 Å². The van der Waals surface area contributed by atoms with Gasteiger partial charge in [-0.2, -0.15) is 0 Å². The van der Waals surface area contributed by atoms with Gasteiger partial charge in [0.05, 0.1) is 6.61 Å². The first kappa shape index (κ1) is 22.3. The molecule has 25 heavy (non-hydrogen) atoms. The van der Waals surface area contributed by atoms with Crippen LogP contribution in [0.25, 0.3) is 0 Å². The van der Waals surface area contributed by atoms with E-state index in [4.69, 9.17) is 9.47 Å². The summed E-state index contributed by atoms with van der Waals surface area (Å²) in [6, 6.07) is -0.857. The van der Waals surface area contributed by atoms with E-state index < -0.39 is 37.3 Å². The van der Waals surface area contributed by atoms with E-state index >= 15 is 0 Å².